The average molecular weight is 125 g/mol. The van der Waals surface area contributed by atoms with E-state index in [1.807, 2.05) is 13.2 Å². The van der Waals surface area contributed by atoms with E-state index in [2.05, 4.69) is 11.9 Å². The molecule has 9 heavy (non-hydrogen) atoms. The summed E-state index contributed by atoms with van der Waals surface area (Å²) in [6.45, 7) is 4.51. The third kappa shape index (κ3) is 1.25. The van der Waals surface area contributed by atoms with Gasteiger partial charge < -0.3 is 10.1 Å². The number of rotatable bonds is 1. The number of allylic oxidation sites excluding steroid dienone is 1. The van der Waals surface area contributed by atoms with Crippen LogP contribution in [0.5, 0.6) is 0 Å². The minimum absolute atomic E-state index is 0.784. The van der Waals surface area contributed by atoms with Crippen LogP contribution in [0.2, 0.25) is 0 Å². The van der Waals surface area contributed by atoms with Gasteiger partial charge in [-0.05, 0) is 0 Å². The van der Waals surface area contributed by atoms with Crippen molar-refractivity contribution in [1.82, 2.24) is 5.32 Å². The maximum absolute atomic E-state index is 5.12. The van der Waals surface area contributed by atoms with Crippen molar-refractivity contribution in [2.45, 2.75) is 6.42 Å². The molecule has 1 saturated heterocycles. The van der Waals surface area contributed by atoms with Crippen LogP contribution in [-0.2, 0) is 4.74 Å². The van der Waals surface area contributed by atoms with Crippen molar-refractivity contribution in [3.63, 3.8) is 0 Å². The molecule has 50 valence electrons. The lowest BCUT2D eigenvalue weighted by Crippen LogP contribution is -1.94. The van der Waals surface area contributed by atoms with Crippen LogP contribution in [0.1, 0.15) is 6.42 Å². The first kappa shape index (κ1) is 6.20. The SMILES string of the molecule is C=C1OCC/C1=C/NC. The van der Waals surface area contributed by atoms with Crippen LogP contribution >= 0.6 is 0 Å². The van der Waals surface area contributed by atoms with Crippen molar-refractivity contribution in [3.05, 3.63) is 24.1 Å². The van der Waals surface area contributed by atoms with Gasteiger partial charge in [-0.25, -0.2) is 0 Å². The summed E-state index contributed by atoms with van der Waals surface area (Å²) >= 11 is 0. The standard InChI is InChI=1S/C7H11NO/c1-6-7(5-8-2)3-4-9-6/h5,8H,1,3-4H2,2H3/b7-5-. The molecule has 1 fully saturated rings. The summed E-state index contributed by atoms with van der Waals surface area (Å²) in [4.78, 5) is 0. The van der Waals surface area contributed by atoms with Crippen LogP contribution in [-0.4, -0.2) is 13.7 Å². The minimum atomic E-state index is 0.784. The molecule has 0 aromatic rings. The Labute approximate surface area is 55.2 Å². The summed E-state index contributed by atoms with van der Waals surface area (Å²) in [5.74, 6) is 0.810. The molecule has 1 aliphatic rings. The molecule has 0 saturated carbocycles. The summed E-state index contributed by atoms with van der Waals surface area (Å²) in [6.07, 6.45) is 2.91. The maximum atomic E-state index is 5.12. The van der Waals surface area contributed by atoms with Gasteiger partial charge in [0, 0.05) is 25.2 Å². The Bertz CT molecular complexity index is 149. The van der Waals surface area contributed by atoms with E-state index in [0.29, 0.717) is 0 Å². The molecule has 0 spiro atoms. The maximum Gasteiger partial charge on any atom is 0.116 e. The third-order valence-electron chi connectivity index (χ3n) is 1.32. The van der Waals surface area contributed by atoms with E-state index in [0.717, 1.165) is 18.8 Å². The average Bonchev–Trinajstić information content (AvgIpc) is 2.18. The number of nitrogens with one attached hydrogen (secondary N) is 1. The van der Waals surface area contributed by atoms with E-state index in [1.54, 1.807) is 0 Å². The molecule has 0 radical (unpaired) electrons. The lowest BCUT2D eigenvalue weighted by atomic mass is 10.2. The van der Waals surface area contributed by atoms with Gasteiger partial charge in [-0.1, -0.05) is 6.58 Å². The first-order chi connectivity index (χ1) is 4.34. The zero-order valence-corrected chi connectivity index (χ0v) is 5.61. The highest BCUT2D eigenvalue weighted by molar-refractivity contribution is 5.25. The Hall–Kier alpha value is -0.920. The second kappa shape index (κ2) is 2.58. The van der Waals surface area contributed by atoms with Gasteiger partial charge in [-0.2, -0.15) is 0 Å². The molecule has 1 rings (SSSR count). The Morgan fingerprint density at radius 2 is 2.56 bits per heavy atom. The molecule has 0 aromatic carbocycles. The van der Waals surface area contributed by atoms with Crippen molar-refractivity contribution in [2.75, 3.05) is 13.7 Å². The van der Waals surface area contributed by atoms with Crippen molar-refractivity contribution < 1.29 is 4.74 Å². The molecule has 1 aliphatic heterocycles. The number of ether oxygens (including phenoxy) is 1. The summed E-state index contributed by atoms with van der Waals surface area (Å²) in [7, 11) is 1.87. The predicted molar refractivity (Wildman–Crippen MR) is 36.9 cm³/mol. The summed E-state index contributed by atoms with van der Waals surface area (Å²) in [5.41, 5.74) is 1.18. The molecule has 2 heteroatoms. The van der Waals surface area contributed by atoms with Crippen molar-refractivity contribution in [1.29, 1.82) is 0 Å². The molecule has 0 aliphatic carbocycles. The van der Waals surface area contributed by atoms with Crippen molar-refractivity contribution >= 4 is 0 Å². The van der Waals surface area contributed by atoms with Crippen LogP contribution in [0.15, 0.2) is 24.1 Å². The van der Waals surface area contributed by atoms with Gasteiger partial charge in [0.2, 0.25) is 0 Å². The Morgan fingerprint density at radius 3 is 3.00 bits per heavy atom. The zero-order chi connectivity index (χ0) is 6.69. The molecule has 0 bridgehead atoms. The van der Waals surface area contributed by atoms with Crippen LogP contribution in [0.3, 0.4) is 0 Å². The normalized spacial score (nSPS) is 22.3. The smallest absolute Gasteiger partial charge is 0.116 e. The fourth-order valence-corrected chi connectivity index (χ4v) is 0.843. The van der Waals surface area contributed by atoms with Crippen molar-refractivity contribution in [3.8, 4) is 0 Å². The largest absolute Gasteiger partial charge is 0.494 e. The van der Waals surface area contributed by atoms with Crippen LogP contribution < -0.4 is 5.32 Å². The first-order valence-electron chi connectivity index (χ1n) is 3.03. The molecular weight excluding hydrogens is 114 g/mol. The van der Waals surface area contributed by atoms with E-state index in [4.69, 9.17) is 4.74 Å². The van der Waals surface area contributed by atoms with Gasteiger partial charge in [0.1, 0.15) is 5.76 Å². The molecule has 1 N–H and O–H groups in total. The molecule has 0 aromatic heterocycles. The zero-order valence-electron chi connectivity index (χ0n) is 5.61. The Balaban J connectivity index is 2.59. The van der Waals surface area contributed by atoms with E-state index >= 15 is 0 Å². The van der Waals surface area contributed by atoms with Gasteiger partial charge in [-0.3, -0.25) is 0 Å². The monoisotopic (exact) mass is 125 g/mol. The second-order valence-electron chi connectivity index (χ2n) is 1.98. The second-order valence-corrected chi connectivity index (χ2v) is 1.98. The van der Waals surface area contributed by atoms with Crippen LogP contribution in [0.4, 0.5) is 0 Å². The minimum Gasteiger partial charge on any atom is -0.494 e. The Morgan fingerprint density at radius 1 is 1.78 bits per heavy atom. The summed E-state index contributed by atoms with van der Waals surface area (Å²) in [5, 5.41) is 2.94. The van der Waals surface area contributed by atoms with Gasteiger partial charge in [0.15, 0.2) is 0 Å². The molecule has 0 unspecified atom stereocenters. The van der Waals surface area contributed by atoms with Gasteiger partial charge >= 0.3 is 0 Å². The van der Waals surface area contributed by atoms with E-state index < -0.39 is 0 Å². The number of hydrogen-bond acceptors (Lipinski definition) is 2. The number of hydrogen-bond donors (Lipinski definition) is 1. The highest BCUT2D eigenvalue weighted by atomic mass is 16.5. The fraction of sp³-hybridized carbons (Fsp3) is 0.429. The van der Waals surface area contributed by atoms with E-state index in [1.165, 1.54) is 5.57 Å². The quantitative estimate of drug-likeness (QED) is 0.565. The van der Waals surface area contributed by atoms with Gasteiger partial charge in [0.05, 0.1) is 6.61 Å². The highest BCUT2D eigenvalue weighted by Gasteiger charge is 2.10. The Kier molecular flexibility index (Phi) is 1.78. The third-order valence-corrected chi connectivity index (χ3v) is 1.32. The fourth-order valence-electron chi connectivity index (χ4n) is 0.843. The summed E-state index contributed by atoms with van der Waals surface area (Å²) < 4.78 is 5.12. The van der Waals surface area contributed by atoms with E-state index in [-0.39, 0.29) is 0 Å². The van der Waals surface area contributed by atoms with Crippen LogP contribution in [0.25, 0.3) is 0 Å². The molecule has 0 atom stereocenters. The predicted octanol–water partition coefficient (Wildman–Crippen LogP) is 1.02. The van der Waals surface area contributed by atoms with Crippen LogP contribution in [0, 0.1) is 0 Å². The lowest BCUT2D eigenvalue weighted by Gasteiger charge is -1.94. The first-order valence-corrected chi connectivity index (χ1v) is 3.03. The van der Waals surface area contributed by atoms with Gasteiger partial charge in [-0.15, -0.1) is 0 Å². The van der Waals surface area contributed by atoms with Gasteiger partial charge in [0.25, 0.3) is 0 Å². The summed E-state index contributed by atoms with van der Waals surface area (Å²) in [6, 6.07) is 0. The highest BCUT2D eigenvalue weighted by Crippen LogP contribution is 2.20. The molecule has 2 nitrogen and oxygen atoms in total. The lowest BCUT2D eigenvalue weighted by molar-refractivity contribution is 0.267. The van der Waals surface area contributed by atoms with Crippen molar-refractivity contribution in [2.24, 2.45) is 0 Å². The molecule has 1 heterocycles. The molecule has 0 amide bonds. The van der Waals surface area contributed by atoms with E-state index in [9.17, 15) is 0 Å². The molecular formula is C7H11NO. The topological polar surface area (TPSA) is 21.3 Å².